The topological polar surface area (TPSA) is 69.3 Å². The largest absolute Gasteiger partial charge is 0.446 e. The third-order valence-electron chi connectivity index (χ3n) is 3.14. The van der Waals surface area contributed by atoms with E-state index in [2.05, 4.69) is 5.32 Å². The number of benzene rings is 1. The molecule has 19 heavy (non-hydrogen) atoms. The number of carbonyl (C=O) groups is 1. The number of hydrogen-bond donors (Lipinski definition) is 1. The van der Waals surface area contributed by atoms with Crippen LogP contribution in [0.25, 0.3) is 0 Å². The molecule has 2 aliphatic rings. The van der Waals surface area contributed by atoms with Crippen LogP contribution in [0, 0.1) is 0 Å². The molecular formula is C13H15NO5. The molecule has 0 aliphatic carbocycles. The third kappa shape index (κ3) is 2.70. The number of anilines is 1. The molecule has 2 saturated heterocycles. The van der Waals surface area contributed by atoms with Crippen molar-refractivity contribution in [2.24, 2.45) is 0 Å². The van der Waals surface area contributed by atoms with Gasteiger partial charge in [-0.05, 0) is 12.1 Å². The number of ether oxygens (including phenoxy) is 4. The molecule has 1 aromatic carbocycles. The molecule has 0 radical (unpaired) electrons. The summed E-state index contributed by atoms with van der Waals surface area (Å²) in [5.74, 6) is 0. The summed E-state index contributed by atoms with van der Waals surface area (Å²) in [6, 6.07) is 9.12. The Hall–Kier alpha value is -1.63. The van der Waals surface area contributed by atoms with E-state index in [4.69, 9.17) is 18.9 Å². The fourth-order valence-corrected chi connectivity index (χ4v) is 2.14. The highest BCUT2D eigenvalue weighted by atomic mass is 16.8. The minimum absolute atomic E-state index is 0.0178. The van der Waals surface area contributed by atoms with Crippen LogP contribution in [-0.4, -0.2) is 44.4 Å². The first-order chi connectivity index (χ1) is 9.28. The van der Waals surface area contributed by atoms with Crippen LogP contribution >= 0.6 is 0 Å². The molecule has 6 nitrogen and oxygen atoms in total. The van der Waals surface area contributed by atoms with Gasteiger partial charge >= 0.3 is 6.09 Å². The van der Waals surface area contributed by atoms with Crippen LogP contribution in [0.3, 0.4) is 0 Å². The van der Waals surface area contributed by atoms with Gasteiger partial charge in [-0.2, -0.15) is 0 Å². The molecular weight excluding hydrogens is 250 g/mol. The Morgan fingerprint density at radius 1 is 1.26 bits per heavy atom. The summed E-state index contributed by atoms with van der Waals surface area (Å²) in [6.07, 6.45) is -1.15. The lowest BCUT2D eigenvalue weighted by Gasteiger charge is -2.16. The van der Waals surface area contributed by atoms with Crippen LogP contribution in [0.5, 0.6) is 0 Å². The van der Waals surface area contributed by atoms with Crippen molar-refractivity contribution in [3.63, 3.8) is 0 Å². The summed E-state index contributed by atoms with van der Waals surface area (Å²) in [5.41, 5.74) is 0.690. The number of hydrogen-bond acceptors (Lipinski definition) is 5. The van der Waals surface area contributed by atoms with Crippen molar-refractivity contribution in [3.8, 4) is 0 Å². The number of amides is 1. The lowest BCUT2D eigenvalue weighted by Crippen LogP contribution is -2.28. The van der Waals surface area contributed by atoms with Crippen LogP contribution in [0.1, 0.15) is 0 Å². The maximum absolute atomic E-state index is 11.6. The van der Waals surface area contributed by atoms with Crippen LogP contribution in [0.2, 0.25) is 0 Å². The Bertz CT molecular complexity index is 452. The number of carbonyl (C=O) groups excluding carboxylic acids is 1. The van der Waals surface area contributed by atoms with Crippen molar-refractivity contribution < 1.29 is 23.7 Å². The average molecular weight is 265 g/mol. The average Bonchev–Trinajstić information content (AvgIpc) is 3.14. The molecule has 0 saturated carbocycles. The maximum Gasteiger partial charge on any atom is 0.411 e. The van der Waals surface area contributed by atoms with E-state index in [-0.39, 0.29) is 31.2 Å². The van der Waals surface area contributed by atoms with Gasteiger partial charge in [-0.3, -0.25) is 5.32 Å². The van der Waals surface area contributed by atoms with Crippen molar-refractivity contribution in [1.82, 2.24) is 0 Å². The molecule has 6 heteroatoms. The molecule has 2 fully saturated rings. The Kier molecular flexibility index (Phi) is 3.37. The predicted molar refractivity (Wildman–Crippen MR) is 65.7 cm³/mol. The molecule has 2 heterocycles. The highest BCUT2D eigenvalue weighted by molar-refractivity contribution is 5.84. The van der Waals surface area contributed by atoms with Crippen molar-refractivity contribution in [2.45, 2.75) is 24.6 Å². The number of fused-ring (bicyclic) bond motifs is 1. The van der Waals surface area contributed by atoms with Crippen LogP contribution in [0.4, 0.5) is 10.5 Å². The minimum Gasteiger partial charge on any atom is -0.446 e. The number of para-hydroxylation sites is 1. The number of methoxy groups -OCH3 is 1. The number of rotatable bonds is 4. The molecule has 0 unspecified atom stereocenters. The van der Waals surface area contributed by atoms with Gasteiger partial charge in [0.15, 0.2) is 6.29 Å². The van der Waals surface area contributed by atoms with E-state index in [1.165, 1.54) is 0 Å². The van der Waals surface area contributed by atoms with Crippen molar-refractivity contribution >= 4 is 11.8 Å². The molecule has 0 bridgehead atoms. The molecule has 0 spiro atoms. The number of epoxide rings is 1. The predicted octanol–water partition coefficient (Wildman–Crippen LogP) is 1.37. The van der Waals surface area contributed by atoms with Gasteiger partial charge in [-0.15, -0.1) is 0 Å². The molecule has 102 valence electrons. The van der Waals surface area contributed by atoms with Crippen molar-refractivity contribution in [2.75, 3.05) is 19.0 Å². The minimum atomic E-state index is -0.507. The van der Waals surface area contributed by atoms with Gasteiger partial charge in [0.2, 0.25) is 0 Å². The first kappa shape index (κ1) is 12.4. The Labute approximate surface area is 110 Å². The zero-order valence-electron chi connectivity index (χ0n) is 10.4. The standard InChI is InChI=1S/C13H15NO5/c1-16-12-11-10(19-11)9(18-12)7-17-13(15)14-8-5-3-2-4-6-8/h2-6,9-12H,7H2,1H3,(H,14,15)/t9-,10-,11+,12-/m0/s1. The monoisotopic (exact) mass is 265 g/mol. The van der Waals surface area contributed by atoms with Crippen molar-refractivity contribution in [1.29, 1.82) is 0 Å². The quantitative estimate of drug-likeness (QED) is 0.833. The van der Waals surface area contributed by atoms with Gasteiger partial charge in [0, 0.05) is 12.8 Å². The molecule has 0 aromatic heterocycles. The Morgan fingerprint density at radius 3 is 2.74 bits per heavy atom. The first-order valence-corrected chi connectivity index (χ1v) is 6.10. The fraction of sp³-hybridized carbons (Fsp3) is 0.462. The van der Waals surface area contributed by atoms with Crippen LogP contribution in [-0.2, 0) is 18.9 Å². The van der Waals surface area contributed by atoms with E-state index in [1.54, 1.807) is 19.2 Å². The first-order valence-electron chi connectivity index (χ1n) is 6.10. The van der Waals surface area contributed by atoms with Gasteiger partial charge in [0.25, 0.3) is 0 Å². The lowest BCUT2D eigenvalue weighted by atomic mass is 10.2. The van der Waals surface area contributed by atoms with E-state index in [1.807, 2.05) is 18.2 Å². The summed E-state index contributed by atoms with van der Waals surface area (Å²) in [6.45, 7) is 0.152. The van der Waals surface area contributed by atoms with E-state index in [0.717, 1.165) is 0 Å². The van der Waals surface area contributed by atoms with Crippen molar-refractivity contribution in [3.05, 3.63) is 30.3 Å². The highest BCUT2D eigenvalue weighted by Gasteiger charge is 2.58. The molecule has 2 aliphatic heterocycles. The molecule has 3 rings (SSSR count). The summed E-state index contributed by atoms with van der Waals surface area (Å²) in [5, 5.41) is 2.63. The smallest absolute Gasteiger partial charge is 0.411 e. The summed E-state index contributed by atoms with van der Waals surface area (Å²) < 4.78 is 21.1. The van der Waals surface area contributed by atoms with Gasteiger partial charge in [-0.25, -0.2) is 4.79 Å². The molecule has 1 N–H and O–H groups in total. The second kappa shape index (κ2) is 5.16. The molecule has 1 aromatic rings. The highest BCUT2D eigenvalue weighted by Crippen LogP contribution is 2.39. The lowest BCUT2D eigenvalue weighted by molar-refractivity contribution is -0.166. The number of nitrogens with one attached hydrogen (secondary N) is 1. The zero-order chi connectivity index (χ0) is 13.2. The fourth-order valence-electron chi connectivity index (χ4n) is 2.14. The van der Waals surface area contributed by atoms with E-state index < -0.39 is 6.09 Å². The summed E-state index contributed by atoms with van der Waals surface area (Å²) in [4.78, 5) is 11.6. The van der Waals surface area contributed by atoms with Crippen LogP contribution in [0.15, 0.2) is 30.3 Å². The molecule has 1 amide bonds. The Balaban J connectivity index is 1.44. The molecule has 4 atom stereocenters. The van der Waals surface area contributed by atoms with E-state index >= 15 is 0 Å². The Morgan fingerprint density at radius 2 is 2.05 bits per heavy atom. The van der Waals surface area contributed by atoms with Crippen LogP contribution < -0.4 is 5.32 Å². The SMILES string of the molecule is CO[C@H]1O[C@@H](COC(=O)Nc2ccccc2)[C@@H]2O[C@@H]12. The van der Waals surface area contributed by atoms with Gasteiger partial charge in [0.1, 0.15) is 24.9 Å². The van der Waals surface area contributed by atoms with Gasteiger partial charge in [-0.1, -0.05) is 18.2 Å². The summed E-state index contributed by atoms with van der Waals surface area (Å²) >= 11 is 0. The van der Waals surface area contributed by atoms with E-state index in [9.17, 15) is 4.79 Å². The summed E-state index contributed by atoms with van der Waals surface area (Å²) in [7, 11) is 1.56. The van der Waals surface area contributed by atoms with Gasteiger partial charge < -0.3 is 18.9 Å². The maximum atomic E-state index is 11.6. The zero-order valence-corrected chi connectivity index (χ0v) is 10.4. The second-order valence-electron chi connectivity index (χ2n) is 4.43. The normalized spacial score (nSPS) is 31.6. The van der Waals surface area contributed by atoms with E-state index in [0.29, 0.717) is 5.69 Å². The second-order valence-corrected chi connectivity index (χ2v) is 4.43. The van der Waals surface area contributed by atoms with Gasteiger partial charge in [0.05, 0.1) is 0 Å². The third-order valence-corrected chi connectivity index (χ3v) is 3.14.